The van der Waals surface area contributed by atoms with Crippen molar-refractivity contribution < 1.29 is 18.9 Å². The van der Waals surface area contributed by atoms with Gasteiger partial charge in [-0.2, -0.15) is 0 Å². The summed E-state index contributed by atoms with van der Waals surface area (Å²) in [6, 6.07) is 14.3. The van der Waals surface area contributed by atoms with Crippen molar-refractivity contribution in [3.8, 4) is 11.5 Å². The molecule has 2 atom stereocenters. The molecular weight excluding hydrogens is 316 g/mol. The monoisotopic (exact) mass is 338 g/mol. The molecule has 130 valence electrons. The third-order valence-electron chi connectivity index (χ3n) is 4.25. The Balaban J connectivity index is 1.34. The Bertz CT molecular complexity index is 743. The smallest absolute Gasteiger partial charge is 0.119 e. The quantitative estimate of drug-likeness (QED) is 0.543. The lowest BCUT2D eigenvalue weighted by molar-refractivity contribution is 0.263. The van der Waals surface area contributed by atoms with Crippen molar-refractivity contribution in [1.29, 1.82) is 0 Å². The second kappa shape index (κ2) is 7.30. The Hall–Kier alpha value is -2.30. The molecule has 0 amide bonds. The molecule has 2 saturated heterocycles. The van der Waals surface area contributed by atoms with E-state index in [1.165, 1.54) is 11.1 Å². The van der Waals surface area contributed by atoms with E-state index in [1.54, 1.807) is 0 Å². The Morgan fingerprint density at radius 1 is 0.880 bits per heavy atom. The number of epoxide rings is 2. The normalized spacial score (nSPS) is 21.3. The van der Waals surface area contributed by atoms with Gasteiger partial charge in [-0.1, -0.05) is 30.4 Å². The summed E-state index contributed by atoms with van der Waals surface area (Å²) in [5.41, 5.74) is 3.51. The molecule has 0 bridgehead atoms. The van der Waals surface area contributed by atoms with Crippen molar-refractivity contribution in [1.82, 2.24) is 0 Å². The van der Waals surface area contributed by atoms with Crippen LogP contribution in [-0.2, 0) is 9.47 Å². The molecule has 0 spiro atoms. The van der Waals surface area contributed by atoms with E-state index in [2.05, 4.69) is 43.3 Å². The van der Waals surface area contributed by atoms with Crippen LogP contribution in [0.2, 0.25) is 0 Å². The molecular formula is C21H22O4. The molecule has 4 rings (SSSR count). The zero-order valence-corrected chi connectivity index (χ0v) is 14.3. The largest absolute Gasteiger partial charge is 0.491 e. The molecule has 2 heterocycles. The lowest BCUT2D eigenvalue weighted by Crippen LogP contribution is -2.04. The minimum absolute atomic E-state index is 0.281. The second-order valence-corrected chi connectivity index (χ2v) is 6.45. The van der Waals surface area contributed by atoms with Crippen LogP contribution in [0, 0.1) is 6.92 Å². The van der Waals surface area contributed by atoms with E-state index < -0.39 is 0 Å². The van der Waals surface area contributed by atoms with Crippen LogP contribution in [-0.4, -0.2) is 38.6 Å². The van der Waals surface area contributed by atoms with Gasteiger partial charge >= 0.3 is 0 Å². The fraction of sp³-hybridized carbons (Fsp3) is 0.333. The molecule has 0 aliphatic carbocycles. The van der Waals surface area contributed by atoms with Gasteiger partial charge in [0.1, 0.15) is 36.9 Å². The first-order valence-corrected chi connectivity index (χ1v) is 8.64. The number of hydrogen-bond donors (Lipinski definition) is 0. The second-order valence-electron chi connectivity index (χ2n) is 6.45. The highest BCUT2D eigenvalue weighted by molar-refractivity contribution is 5.71. The molecule has 4 nitrogen and oxygen atoms in total. The topological polar surface area (TPSA) is 43.5 Å². The van der Waals surface area contributed by atoms with Crippen LogP contribution < -0.4 is 9.47 Å². The van der Waals surface area contributed by atoms with Crippen LogP contribution in [0.5, 0.6) is 11.5 Å². The average Bonchev–Trinajstić information content (AvgIpc) is 3.53. The molecule has 2 aromatic carbocycles. The Morgan fingerprint density at radius 2 is 1.48 bits per heavy atom. The number of benzene rings is 2. The van der Waals surface area contributed by atoms with E-state index in [4.69, 9.17) is 18.9 Å². The van der Waals surface area contributed by atoms with Gasteiger partial charge in [-0.15, -0.1) is 0 Å². The van der Waals surface area contributed by atoms with Crippen molar-refractivity contribution >= 4 is 12.2 Å². The van der Waals surface area contributed by atoms with E-state index in [0.717, 1.165) is 30.3 Å². The minimum Gasteiger partial charge on any atom is -0.491 e. The zero-order chi connectivity index (χ0) is 17.1. The van der Waals surface area contributed by atoms with Gasteiger partial charge in [0, 0.05) is 0 Å². The van der Waals surface area contributed by atoms with Crippen molar-refractivity contribution in [3.63, 3.8) is 0 Å². The summed E-state index contributed by atoms with van der Waals surface area (Å²) in [4.78, 5) is 0. The predicted molar refractivity (Wildman–Crippen MR) is 97.0 cm³/mol. The molecule has 0 radical (unpaired) electrons. The van der Waals surface area contributed by atoms with E-state index in [-0.39, 0.29) is 12.2 Å². The highest BCUT2D eigenvalue weighted by atomic mass is 16.6. The zero-order valence-electron chi connectivity index (χ0n) is 14.3. The summed E-state index contributed by atoms with van der Waals surface area (Å²) in [5, 5.41) is 0. The van der Waals surface area contributed by atoms with E-state index >= 15 is 0 Å². The number of hydrogen-bond acceptors (Lipinski definition) is 4. The van der Waals surface area contributed by atoms with Gasteiger partial charge in [-0.3, -0.25) is 0 Å². The summed E-state index contributed by atoms with van der Waals surface area (Å²) in [6.45, 7) is 5.00. The number of aryl methyl sites for hydroxylation is 1. The molecule has 0 aromatic heterocycles. The summed E-state index contributed by atoms with van der Waals surface area (Å²) in [5.74, 6) is 1.77. The highest BCUT2D eigenvalue weighted by Crippen LogP contribution is 2.22. The molecule has 0 saturated carbocycles. The van der Waals surface area contributed by atoms with Crippen molar-refractivity contribution in [2.45, 2.75) is 19.1 Å². The molecule has 2 fully saturated rings. The lowest BCUT2D eigenvalue weighted by Gasteiger charge is -2.07. The molecule has 2 aromatic rings. The summed E-state index contributed by atoms with van der Waals surface area (Å²) in [7, 11) is 0. The first-order valence-electron chi connectivity index (χ1n) is 8.64. The Kier molecular flexibility index (Phi) is 4.72. The van der Waals surface area contributed by atoms with Crippen LogP contribution in [0.3, 0.4) is 0 Å². The minimum atomic E-state index is 0.281. The van der Waals surface area contributed by atoms with Crippen LogP contribution in [0.15, 0.2) is 42.5 Å². The van der Waals surface area contributed by atoms with Crippen LogP contribution in [0.1, 0.15) is 16.7 Å². The third kappa shape index (κ3) is 4.84. The van der Waals surface area contributed by atoms with Gasteiger partial charge in [0.15, 0.2) is 0 Å². The van der Waals surface area contributed by atoms with E-state index in [9.17, 15) is 0 Å². The third-order valence-corrected chi connectivity index (χ3v) is 4.25. The van der Waals surface area contributed by atoms with E-state index in [1.807, 2.05) is 18.2 Å². The van der Waals surface area contributed by atoms with Crippen molar-refractivity contribution in [2.24, 2.45) is 0 Å². The molecule has 2 aliphatic rings. The maximum atomic E-state index is 5.71. The van der Waals surface area contributed by atoms with Crippen molar-refractivity contribution in [3.05, 3.63) is 59.2 Å². The molecule has 0 N–H and O–H groups in total. The SMILES string of the molecule is Cc1cc(OCC2CO2)ccc1C=Cc1ccc(OCC2CO2)cc1. The summed E-state index contributed by atoms with van der Waals surface area (Å²) >= 11 is 0. The fourth-order valence-electron chi connectivity index (χ4n) is 2.49. The van der Waals surface area contributed by atoms with Crippen molar-refractivity contribution in [2.75, 3.05) is 26.4 Å². The first-order chi connectivity index (χ1) is 12.3. The fourth-order valence-corrected chi connectivity index (χ4v) is 2.49. The number of ether oxygens (including phenoxy) is 4. The van der Waals surface area contributed by atoms with Crippen LogP contribution in [0.25, 0.3) is 12.2 Å². The first kappa shape index (κ1) is 16.2. The maximum absolute atomic E-state index is 5.71. The van der Waals surface area contributed by atoms with Crippen LogP contribution >= 0.6 is 0 Å². The standard InChI is InChI=1S/C21H22O4/c1-15-10-19(23-12-21-14-25-21)9-6-17(15)5-2-16-3-7-18(8-4-16)22-11-20-13-24-20/h2-10,20-21H,11-14H2,1H3. The predicted octanol–water partition coefficient (Wildman–Crippen LogP) is 3.72. The van der Waals surface area contributed by atoms with Gasteiger partial charge in [-0.05, 0) is 47.9 Å². The molecule has 4 heteroatoms. The average molecular weight is 338 g/mol. The molecule has 2 aliphatic heterocycles. The van der Waals surface area contributed by atoms with Gasteiger partial charge in [0.05, 0.1) is 13.2 Å². The van der Waals surface area contributed by atoms with Crippen LogP contribution in [0.4, 0.5) is 0 Å². The highest BCUT2D eigenvalue weighted by Gasteiger charge is 2.23. The lowest BCUT2D eigenvalue weighted by atomic mass is 10.1. The van der Waals surface area contributed by atoms with Gasteiger partial charge in [0.25, 0.3) is 0 Å². The van der Waals surface area contributed by atoms with Gasteiger partial charge < -0.3 is 18.9 Å². The Morgan fingerprint density at radius 3 is 2.08 bits per heavy atom. The maximum Gasteiger partial charge on any atom is 0.119 e. The Labute approximate surface area is 148 Å². The summed E-state index contributed by atoms with van der Waals surface area (Å²) < 4.78 is 21.7. The molecule has 2 unspecified atom stereocenters. The van der Waals surface area contributed by atoms with Gasteiger partial charge in [-0.25, -0.2) is 0 Å². The summed E-state index contributed by atoms with van der Waals surface area (Å²) in [6.07, 6.45) is 4.79. The van der Waals surface area contributed by atoms with Gasteiger partial charge in [0.2, 0.25) is 0 Å². The van der Waals surface area contributed by atoms with E-state index in [0.29, 0.717) is 13.2 Å². The number of rotatable bonds is 8. The molecule has 25 heavy (non-hydrogen) atoms.